The summed E-state index contributed by atoms with van der Waals surface area (Å²) in [6.07, 6.45) is -0.765. The van der Waals surface area contributed by atoms with Gasteiger partial charge in [-0.05, 0) is 32.7 Å². The van der Waals surface area contributed by atoms with Crippen LogP contribution in [0.25, 0.3) is 0 Å². The molecule has 4 nitrogen and oxygen atoms in total. The van der Waals surface area contributed by atoms with Crippen LogP contribution in [-0.2, 0) is 4.79 Å². The van der Waals surface area contributed by atoms with E-state index in [9.17, 15) is 18.0 Å². The predicted octanol–water partition coefficient (Wildman–Crippen LogP) is 0.867. The molecule has 0 heterocycles. The van der Waals surface area contributed by atoms with Gasteiger partial charge in [0.2, 0.25) is 5.91 Å². The Labute approximate surface area is 105 Å². The highest BCUT2D eigenvalue weighted by molar-refractivity contribution is 5.78. The lowest BCUT2D eigenvalue weighted by molar-refractivity contribution is -0.139. The number of carbonyl (C=O) groups is 1. The van der Waals surface area contributed by atoms with E-state index in [1.54, 1.807) is 11.9 Å². The minimum Gasteiger partial charge on any atom is -0.346 e. The third-order valence-corrected chi connectivity index (χ3v) is 3.24. The molecule has 3 N–H and O–H groups in total. The van der Waals surface area contributed by atoms with Crippen LogP contribution in [0.5, 0.6) is 0 Å². The summed E-state index contributed by atoms with van der Waals surface area (Å²) < 4.78 is 35.7. The van der Waals surface area contributed by atoms with Gasteiger partial charge in [-0.1, -0.05) is 0 Å². The number of halogens is 3. The molecule has 0 spiro atoms. The molecule has 106 valence electrons. The third-order valence-electron chi connectivity index (χ3n) is 3.24. The van der Waals surface area contributed by atoms with Crippen LogP contribution in [0.2, 0.25) is 0 Å². The number of likely N-dealkylation sites (N-methyl/N-ethyl adjacent to an activating group) is 1. The number of nitrogens with one attached hydrogen (secondary N) is 1. The van der Waals surface area contributed by atoms with Crippen molar-refractivity contribution in [2.24, 2.45) is 5.73 Å². The normalized spacial score (nSPS) is 25.2. The van der Waals surface area contributed by atoms with Crippen LogP contribution in [0.4, 0.5) is 13.2 Å². The molecule has 1 rings (SSSR count). The molecule has 1 saturated carbocycles. The highest BCUT2D eigenvalue weighted by atomic mass is 19.4. The van der Waals surface area contributed by atoms with E-state index in [1.165, 1.54) is 0 Å². The van der Waals surface area contributed by atoms with Gasteiger partial charge in [-0.2, -0.15) is 13.2 Å². The number of hydrogen-bond donors (Lipinski definition) is 2. The Morgan fingerprint density at radius 1 is 1.33 bits per heavy atom. The largest absolute Gasteiger partial charge is 0.405 e. The topological polar surface area (TPSA) is 58.4 Å². The van der Waals surface area contributed by atoms with Gasteiger partial charge < -0.3 is 11.1 Å². The predicted molar refractivity (Wildman–Crippen MR) is 61.9 cm³/mol. The zero-order valence-corrected chi connectivity index (χ0v) is 10.5. The molecule has 0 radical (unpaired) electrons. The minimum atomic E-state index is -4.36. The van der Waals surface area contributed by atoms with E-state index in [1.807, 2.05) is 5.32 Å². The quantitative estimate of drug-likeness (QED) is 0.794. The van der Waals surface area contributed by atoms with Gasteiger partial charge in [0.05, 0.1) is 6.54 Å². The maximum absolute atomic E-state index is 11.9. The lowest BCUT2D eigenvalue weighted by Crippen LogP contribution is -2.45. The van der Waals surface area contributed by atoms with E-state index in [0.29, 0.717) is 0 Å². The molecular weight excluding hydrogens is 247 g/mol. The first-order valence-corrected chi connectivity index (χ1v) is 6.07. The Balaban J connectivity index is 2.27. The molecule has 0 aromatic rings. The minimum absolute atomic E-state index is 0.00398. The third kappa shape index (κ3) is 5.68. The van der Waals surface area contributed by atoms with Crippen molar-refractivity contribution in [1.29, 1.82) is 0 Å². The molecule has 1 aliphatic carbocycles. The summed E-state index contributed by atoms with van der Waals surface area (Å²) >= 11 is 0. The van der Waals surface area contributed by atoms with Gasteiger partial charge in [0, 0.05) is 12.1 Å². The van der Waals surface area contributed by atoms with Crippen molar-refractivity contribution in [3.8, 4) is 0 Å². The van der Waals surface area contributed by atoms with Crippen LogP contribution in [0.1, 0.15) is 25.7 Å². The molecule has 0 bridgehead atoms. The van der Waals surface area contributed by atoms with E-state index < -0.39 is 18.6 Å². The molecule has 0 saturated heterocycles. The Hall–Kier alpha value is -0.820. The molecule has 0 aromatic carbocycles. The number of nitrogens with two attached hydrogens (primary N) is 1. The van der Waals surface area contributed by atoms with Crippen LogP contribution in [-0.4, -0.2) is 49.2 Å². The average Bonchev–Trinajstić information content (AvgIpc) is 2.26. The molecule has 18 heavy (non-hydrogen) atoms. The smallest absolute Gasteiger partial charge is 0.346 e. The maximum atomic E-state index is 11.9. The molecule has 0 atom stereocenters. The van der Waals surface area contributed by atoms with Crippen LogP contribution < -0.4 is 11.1 Å². The Morgan fingerprint density at radius 2 is 1.89 bits per heavy atom. The van der Waals surface area contributed by atoms with Crippen molar-refractivity contribution in [3.05, 3.63) is 0 Å². The van der Waals surface area contributed by atoms with Crippen molar-refractivity contribution >= 4 is 5.91 Å². The second-order valence-corrected chi connectivity index (χ2v) is 4.88. The van der Waals surface area contributed by atoms with Crippen molar-refractivity contribution in [2.45, 2.75) is 43.9 Å². The van der Waals surface area contributed by atoms with Crippen molar-refractivity contribution < 1.29 is 18.0 Å². The van der Waals surface area contributed by atoms with Crippen LogP contribution in [0.15, 0.2) is 0 Å². The van der Waals surface area contributed by atoms with E-state index in [2.05, 4.69) is 0 Å². The van der Waals surface area contributed by atoms with Crippen LogP contribution in [0.3, 0.4) is 0 Å². The number of nitrogens with zero attached hydrogens (tertiary/aromatic N) is 1. The van der Waals surface area contributed by atoms with Gasteiger partial charge >= 0.3 is 6.18 Å². The monoisotopic (exact) mass is 267 g/mol. The lowest BCUT2D eigenvalue weighted by Gasteiger charge is -2.33. The van der Waals surface area contributed by atoms with Crippen LogP contribution >= 0.6 is 0 Å². The standard InChI is InChI=1S/C11H20F3N3O/c1-17(9-4-2-8(15)3-5-9)6-10(18)16-7-11(12,13)14/h8-9H,2-7,15H2,1H3,(H,16,18). The fourth-order valence-electron chi connectivity index (χ4n) is 2.15. The Bertz CT molecular complexity index is 275. The van der Waals surface area contributed by atoms with E-state index >= 15 is 0 Å². The van der Waals surface area contributed by atoms with Crippen molar-refractivity contribution in [2.75, 3.05) is 20.1 Å². The molecule has 1 fully saturated rings. The van der Waals surface area contributed by atoms with E-state index in [0.717, 1.165) is 25.7 Å². The first-order valence-electron chi connectivity index (χ1n) is 6.07. The molecule has 1 aliphatic rings. The molecule has 0 aromatic heterocycles. The fourth-order valence-corrected chi connectivity index (χ4v) is 2.15. The van der Waals surface area contributed by atoms with Gasteiger partial charge in [-0.3, -0.25) is 9.69 Å². The summed E-state index contributed by atoms with van der Waals surface area (Å²) in [6.45, 7) is -1.27. The van der Waals surface area contributed by atoms with Gasteiger partial charge in [-0.25, -0.2) is 0 Å². The molecule has 7 heteroatoms. The van der Waals surface area contributed by atoms with E-state index in [4.69, 9.17) is 5.73 Å². The summed E-state index contributed by atoms with van der Waals surface area (Å²) in [7, 11) is 1.76. The lowest BCUT2D eigenvalue weighted by atomic mass is 9.91. The maximum Gasteiger partial charge on any atom is 0.405 e. The molecule has 1 amide bonds. The van der Waals surface area contributed by atoms with Gasteiger partial charge in [-0.15, -0.1) is 0 Å². The summed E-state index contributed by atoms with van der Waals surface area (Å²) in [5.41, 5.74) is 5.77. The highest BCUT2D eigenvalue weighted by Gasteiger charge is 2.28. The van der Waals surface area contributed by atoms with Gasteiger partial charge in [0.1, 0.15) is 6.54 Å². The molecular formula is C11H20F3N3O. The molecule has 0 aliphatic heterocycles. The van der Waals surface area contributed by atoms with Gasteiger partial charge in [0.15, 0.2) is 0 Å². The zero-order valence-electron chi connectivity index (χ0n) is 10.5. The highest BCUT2D eigenvalue weighted by Crippen LogP contribution is 2.20. The number of hydrogen-bond acceptors (Lipinski definition) is 3. The average molecular weight is 267 g/mol. The van der Waals surface area contributed by atoms with Crippen molar-refractivity contribution in [1.82, 2.24) is 10.2 Å². The Morgan fingerprint density at radius 3 is 2.39 bits per heavy atom. The summed E-state index contributed by atoms with van der Waals surface area (Å²) in [5, 5.41) is 1.87. The first-order chi connectivity index (χ1) is 8.28. The van der Waals surface area contributed by atoms with Crippen molar-refractivity contribution in [3.63, 3.8) is 0 Å². The summed E-state index contributed by atoms with van der Waals surface area (Å²) in [4.78, 5) is 13.1. The second-order valence-electron chi connectivity index (χ2n) is 4.88. The number of rotatable bonds is 4. The number of carbonyl (C=O) groups excluding carboxylic acids is 1. The summed E-state index contributed by atoms with van der Waals surface area (Å²) in [6, 6.07) is 0.454. The molecule has 0 unspecified atom stereocenters. The van der Waals surface area contributed by atoms with Gasteiger partial charge in [0.25, 0.3) is 0 Å². The number of alkyl halides is 3. The van der Waals surface area contributed by atoms with Crippen LogP contribution in [0, 0.1) is 0 Å². The second kappa shape index (κ2) is 6.38. The zero-order chi connectivity index (χ0) is 13.8. The fraction of sp³-hybridized carbons (Fsp3) is 0.909. The summed E-state index contributed by atoms with van der Waals surface area (Å²) in [5.74, 6) is -0.593. The van der Waals surface area contributed by atoms with E-state index in [-0.39, 0.29) is 18.6 Å². The first kappa shape index (κ1) is 15.2. The SMILES string of the molecule is CN(CC(=O)NCC(F)(F)F)C1CCC(N)CC1. The Kier molecular flexibility index (Phi) is 5.40. The number of amides is 1.